The van der Waals surface area contributed by atoms with Crippen molar-refractivity contribution in [1.82, 2.24) is 5.32 Å². The first kappa shape index (κ1) is 26.9. The molecule has 3 rings (SSSR count). The van der Waals surface area contributed by atoms with Gasteiger partial charge in [-0.3, -0.25) is 9.10 Å². The van der Waals surface area contributed by atoms with Crippen molar-refractivity contribution in [3.63, 3.8) is 0 Å². The molecule has 0 unspecified atom stereocenters. The SMILES string of the molecule is COc1cccc(N(CC(=O)NCCCSCc2cccc(Cl)c2)S(=O)(=O)c2ccc(C)cc2)c1. The van der Waals surface area contributed by atoms with E-state index in [1.165, 1.54) is 7.11 Å². The average Bonchev–Trinajstić information content (AvgIpc) is 2.85. The number of aryl methyl sites for hydroxylation is 1. The lowest BCUT2D eigenvalue weighted by Gasteiger charge is -2.24. The fourth-order valence-electron chi connectivity index (χ4n) is 3.32. The van der Waals surface area contributed by atoms with E-state index in [0.29, 0.717) is 18.0 Å². The van der Waals surface area contributed by atoms with E-state index in [0.717, 1.165) is 38.4 Å². The van der Waals surface area contributed by atoms with Crippen LogP contribution >= 0.6 is 23.4 Å². The molecular formula is C26H29ClN2O4S2. The van der Waals surface area contributed by atoms with Crippen molar-refractivity contribution in [3.8, 4) is 5.75 Å². The van der Waals surface area contributed by atoms with E-state index in [1.807, 2.05) is 31.2 Å². The molecular weight excluding hydrogens is 504 g/mol. The summed E-state index contributed by atoms with van der Waals surface area (Å²) in [5.74, 6) is 1.83. The molecule has 0 spiro atoms. The molecule has 0 aliphatic rings. The van der Waals surface area contributed by atoms with Crippen molar-refractivity contribution in [2.75, 3.05) is 30.3 Å². The number of carbonyl (C=O) groups excluding carboxylic acids is 1. The topological polar surface area (TPSA) is 75.7 Å². The van der Waals surface area contributed by atoms with Gasteiger partial charge in [0.15, 0.2) is 0 Å². The maximum absolute atomic E-state index is 13.4. The molecule has 35 heavy (non-hydrogen) atoms. The van der Waals surface area contributed by atoms with Crippen LogP contribution in [-0.2, 0) is 20.6 Å². The summed E-state index contributed by atoms with van der Waals surface area (Å²) in [6, 6.07) is 21.0. The van der Waals surface area contributed by atoms with E-state index >= 15 is 0 Å². The molecule has 0 aromatic heterocycles. The molecule has 1 N–H and O–H groups in total. The first-order valence-electron chi connectivity index (χ1n) is 11.1. The molecule has 9 heteroatoms. The van der Waals surface area contributed by atoms with Crippen LogP contribution in [0.4, 0.5) is 5.69 Å². The van der Waals surface area contributed by atoms with Crippen LogP contribution in [0.5, 0.6) is 5.75 Å². The summed E-state index contributed by atoms with van der Waals surface area (Å²) in [6.07, 6.45) is 0.765. The third-order valence-electron chi connectivity index (χ3n) is 5.18. The number of halogens is 1. The number of amides is 1. The minimum Gasteiger partial charge on any atom is -0.497 e. The summed E-state index contributed by atoms with van der Waals surface area (Å²) in [6.45, 7) is 2.01. The van der Waals surface area contributed by atoms with Gasteiger partial charge < -0.3 is 10.1 Å². The smallest absolute Gasteiger partial charge is 0.264 e. The Bertz CT molecular complexity index is 1230. The third-order valence-corrected chi connectivity index (χ3v) is 8.32. The Morgan fingerprint density at radius 3 is 2.51 bits per heavy atom. The van der Waals surface area contributed by atoms with Gasteiger partial charge in [0.25, 0.3) is 10.0 Å². The highest BCUT2D eigenvalue weighted by Crippen LogP contribution is 2.27. The van der Waals surface area contributed by atoms with Crippen LogP contribution in [0, 0.1) is 6.92 Å². The van der Waals surface area contributed by atoms with Crippen LogP contribution in [0.15, 0.2) is 77.7 Å². The number of nitrogens with one attached hydrogen (secondary N) is 1. The minimum atomic E-state index is -3.96. The molecule has 0 heterocycles. The van der Waals surface area contributed by atoms with Gasteiger partial charge in [-0.05, 0) is 61.1 Å². The highest BCUT2D eigenvalue weighted by atomic mass is 35.5. The second kappa shape index (κ2) is 12.9. The Hall–Kier alpha value is -2.68. The monoisotopic (exact) mass is 532 g/mol. The van der Waals surface area contributed by atoms with Gasteiger partial charge >= 0.3 is 0 Å². The molecule has 3 aromatic carbocycles. The predicted molar refractivity (Wildman–Crippen MR) is 144 cm³/mol. The van der Waals surface area contributed by atoms with Gasteiger partial charge in [-0.25, -0.2) is 8.42 Å². The van der Waals surface area contributed by atoms with Crippen molar-refractivity contribution in [1.29, 1.82) is 0 Å². The molecule has 0 fully saturated rings. The third kappa shape index (κ3) is 7.92. The van der Waals surface area contributed by atoms with Gasteiger partial charge in [0, 0.05) is 23.4 Å². The zero-order chi connectivity index (χ0) is 25.3. The number of benzene rings is 3. The van der Waals surface area contributed by atoms with Gasteiger partial charge in [0.1, 0.15) is 12.3 Å². The number of hydrogen-bond donors (Lipinski definition) is 1. The average molecular weight is 533 g/mol. The van der Waals surface area contributed by atoms with E-state index in [4.69, 9.17) is 16.3 Å². The molecule has 0 aliphatic carbocycles. The molecule has 3 aromatic rings. The summed E-state index contributed by atoms with van der Waals surface area (Å²) in [4.78, 5) is 12.9. The maximum Gasteiger partial charge on any atom is 0.264 e. The quantitative estimate of drug-likeness (QED) is 0.321. The maximum atomic E-state index is 13.4. The summed E-state index contributed by atoms with van der Waals surface area (Å²) in [5.41, 5.74) is 2.46. The fourth-order valence-corrected chi connectivity index (χ4v) is 5.86. The summed E-state index contributed by atoms with van der Waals surface area (Å²) in [7, 11) is -2.45. The van der Waals surface area contributed by atoms with Crippen molar-refractivity contribution in [3.05, 3.63) is 88.9 Å². The van der Waals surface area contributed by atoms with E-state index in [9.17, 15) is 13.2 Å². The number of ether oxygens (including phenoxy) is 1. The second-order valence-corrected chi connectivity index (χ2v) is 11.3. The van der Waals surface area contributed by atoms with Gasteiger partial charge in [-0.15, -0.1) is 0 Å². The minimum absolute atomic E-state index is 0.121. The lowest BCUT2D eigenvalue weighted by Crippen LogP contribution is -2.41. The van der Waals surface area contributed by atoms with Crippen LogP contribution in [0.1, 0.15) is 17.5 Å². The predicted octanol–water partition coefficient (Wildman–Crippen LogP) is 5.29. The summed E-state index contributed by atoms with van der Waals surface area (Å²) < 4.78 is 33.3. The molecule has 186 valence electrons. The zero-order valence-electron chi connectivity index (χ0n) is 19.7. The Kier molecular flexibility index (Phi) is 9.89. The summed E-state index contributed by atoms with van der Waals surface area (Å²) in [5, 5.41) is 3.56. The van der Waals surface area contributed by atoms with E-state index in [1.54, 1.807) is 60.3 Å². The second-order valence-electron chi connectivity index (χ2n) is 7.91. The molecule has 6 nitrogen and oxygen atoms in total. The number of anilines is 1. The first-order chi connectivity index (χ1) is 16.8. The summed E-state index contributed by atoms with van der Waals surface area (Å²) >= 11 is 7.77. The largest absolute Gasteiger partial charge is 0.497 e. The Balaban J connectivity index is 1.61. The Morgan fingerprint density at radius 2 is 1.80 bits per heavy atom. The number of sulfonamides is 1. The van der Waals surface area contributed by atoms with Crippen LogP contribution in [0.3, 0.4) is 0 Å². The number of rotatable bonds is 12. The zero-order valence-corrected chi connectivity index (χ0v) is 22.1. The highest BCUT2D eigenvalue weighted by molar-refractivity contribution is 7.98. The molecule has 1 amide bonds. The molecule has 0 bridgehead atoms. The fraction of sp³-hybridized carbons (Fsp3) is 0.269. The number of hydrogen-bond acceptors (Lipinski definition) is 5. The standard InChI is InChI=1S/C26H29ClN2O4S2/c1-20-10-12-25(13-11-20)35(31,32)29(23-8-4-9-24(17-23)33-2)18-26(30)28-14-5-15-34-19-21-6-3-7-22(27)16-21/h3-4,6-13,16-17H,5,14-15,18-19H2,1-2H3,(H,28,30). The molecule has 0 atom stereocenters. The molecule has 0 saturated heterocycles. The lowest BCUT2D eigenvalue weighted by molar-refractivity contribution is -0.119. The van der Waals surface area contributed by atoms with E-state index in [2.05, 4.69) is 5.32 Å². The first-order valence-corrected chi connectivity index (χ1v) is 14.1. The Morgan fingerprint density at radius 1 is 1.06 bits per heavy atom. The van der Waals surface area contributed by atoms with Crippen molar-refractivity contribution < 1.29 is 17.9 Å². The van der Waals surface area contributed by atoms with Crippen LogP contribution in [0.2, 0.25) is 5.02 Å². The van der Waals surface area contributed by atoms with Crippen LogP contribution < -0.4 is 14.4 Å². The normalized spacial score (nSPS) is 11.2. The molecule has 0 aliphatic heterocycles. The van der Waals surface area contributed by atoms with Crippen LogP contribution in [0.25, 0.3) is 0 Å². The van der Waals surface area contributed by atoms with Gasteiger partial charge in [-0.2, -0.15) is 11.8 Å². The van der Waals surface area contributed by atoms with Gasteiger partial charge in [0.05, 0.1) is 17.7 Å². The van der Waals surface area contributed by atoms with Crippen molar-refractivity contribution in [2.24, 2.45) is 0 Å². The van der Waals surface area contributed by atoms with Gasteiger partial charge in [-0.1, -0.05) is 47.5 Å². The van der Waals surface area contributed by atoms with Crippen LogP contribution in [-0.4, -0.2) is 40.3 Å². The number of methoxy groups -OCH3 is 1. The lowest BCUT2D eigenvalue weighted by atomic mass is 10.2. The number of thioether (sulfide) groups is 1. The number of carbonyl (C=O) groups is 1. The van der Waals surface area contributed by atoms with Crippen molar-refractivity contribution in [2.45, 2.75) is 24.0 Å². The highest BCUT2D eigenvalue weighted by Gasteiger charge is 2.27. The van der Waals surface area contributed by atoms with E-state index in [-0.39, 0.29) is 17.3 Å². The molecule has 0 radical (unpaired) electrons. The molecule has 0 saturated carbocycles. The van der Waals surface area contributed by atoms with Crippen molar-refractivity contribution >= 4 is 45.0 Å². The van der Waals surface area contributed by atoms with Gasteiger partial charge in [0.2, 0.25) is 5.91 Å². The number of nitrogens with zero attached hydrogens (tertiary/aromatic N) is 1. The van der Waals surface area contributed by atoms with E-state index < -0.39 is 10.0 Å². The Labute approximate surface area is 216 Å².